The van der Waals surface area contributed by atoms with Crippen LogP contribution in [-0.4, -0.2) is 69.5 Å². The largest absolute Gasteiger partial charge is 0.443 e. The van der Waals surface area contributed by atoms with Crippen LogP contribution in [0.25, 0.3) is 22.3 Å². The van der Waals surface area contributed by atoms with Crippen molar-refractivity contribution in [2.75, 3.05) is 13.1 Å². The van der Waals surface area contributed by atoms with Crippen molar-refractivity contribution in [2.45, 2.75) is 108 Å². The van der Waals surface area contributed by atoms with Gasteiger partial charge in [-0.15, -0.1) is 11.3 Å². The standard InChI is InChI=1S/C15H25NO3S.C14H12F3N3OS.C7H13N3O2/c1-3-4-5-6-7-8-12-11-13(12)14(17)16-20(18,19)15(2)9-10-15;1-7(2)20-10-5-3-4-8(11(10)19-13(20)21)9-6-22-12(18-9)14(15,16)17;8-4-6(11)10-3-1-2-5(10)7(9)12/h7-8,12-13H,3-6,9-11H2,1-2H3,(H,16,17);3-7H,1-2H3,(H,19,21);5H,1-4,8H2,(H2,9,12)/b8-7-;;. The predicted molar refractivity (Wildman–Crippen MR) is 202 cm³/mol. The van der Waals surface area contributed by atoms with Crippen LogP contribution in [0.2, 0.25) is 0 Å². The summed E-state index contributed by atoms with van der Waals surface area (Å²) < 4.78 is 65.1. The number of fused-ring (bicyclic) bond motifs is 1. The molecule has 0 spiro atoms. The van der Waals surface area contributed by atoms with Crippen molar-refractivity contribution in [3.63, 3.8) is 0 Å². The Balaban J connectivity index is 0.000000188. The Hall–Kier alpha value is -4.03. The molecule has 6 N–H and O–H groups in total. The van der Waals surface area contributed by atoms with E-state index in [0.717, 1.165) is 19.3 Å². The Morgan fingerprint density at radius 2 is 1.91 bits per heavy atom. The number of unbranched alkanes of at least 4 members (excludes halogenated alkanes) is 3. The molecule has 2 aliphatic carbocycles. The lowest BCUT2D eigenvalue weighted by Gasteiger charge is -2.20. The van der Waals surface area contributed by atoms with E-state index in [2.05, 4.69) is 33.8 Å². The number of primary amides is 1. The number of carbonyl (C=O) groups is 3. The van der Waals surface area contributed by atoms with Crippen LogP contribution in [0.5, 0.6) is 0 Å². The van der Waals surface area contributed by atoms with Crippen LogP contribution in [0.1, 0.15) is 96.5 Å². The second kappa shape index (κ2) is 17.6. The number of sulfonamides is 1. The molecule has 298 valence electrons. The van der Waals surface area contributed by atoms with Gasteiger partial charge in [-0.2, -0.15) is 13.2 Å². The number of hydrogen-bond donors (Lipinski definition) is 4. The number of nitrogens with one attached hydrogen (secondary N) is 2. The van der Waals surface area contributed by atoms with Crippen LogP contribution in [0.3, 0.4) is 0 Å². The number of halogens is 3. The summed E-state index contributed by atoms with van der Waals surface area (Å²) in [5.74, 6) is -0.861. The Kier molecular flexibility index (Phi) is 13.9. The van der Waals surface area contributed by atoms with Crippen LogP contribution in [0.15, 0.2) is 40.5 Å². The summed E-state index contributed by atoms with van der Waals surface area (Å²) >= 11 is 0.542. The number of thiazole rings is 1. The molecule has 3 fully saturated rings. The summed E-state index contributed by atoms with van der Waals surface area (Å²) in [7, 11) is -3.47. The minimum absolute atomic E-state index is 0.0518. The van der Waals surface area contributed by atoms with Crippen LogP contribution >= 0.6 is 11.3 Å². The smallest absolute Gasteiger partial charge is 0.368 e. The fourth-order valence-corrected chi connectivity index (χ4v) is 8.16. The van der Waals surface area contributed by atoms with Gasteiger partial charge >= 0.3 is 11.9 Å². The van der Waals surface area contributed by atoms with Crippen LogP contribution in [-0.2, 0) is 30.6 Å². The number of allylic oxidation sites excluding steroid dienone is 2. The SMILES string of the molecule is CC(C)n1c(=O)[nH]c2c(-c3csc(C(F)(F)F)n3)cccc21.CCCCC/C=C\C1CC1C(=O)NS(=O)(=O)C1(C)CC1.NCC(=O)N1CCCC1C(N)=O. The Bertz CT molecular complexity index is 2000. The zero-order valence-electron chi connectivity index (χ0n) is 30.9. The van der Waals surface area contributed by atoms with E-state index in [1.807, 2.05) is 13.8 Å². The van der Waals surface area contributed by atoms with Gasteiger partial charge in [0.1, 0.15) is 6.04 Å². The normalized spacial score (nSPS) is 20.3. The number of nitrogens with two attached hydrogens (primary N) is 2. The molecule has 1 aromatic carbocycles. The number of amides is 3. The molecule has 2 saturated carbocycles. The first-order valence-corrected chi connectivity index (χ1v) is 20.5. The van der Waals surface area contributed by atoms with E-state index in [0.29, 0.717) is 53.7 Å². The molecule has 6 rings (SSSR count). The van der Waals surface area contributed by atoms with Gasteiger partial charge in [0, 0.05) is 29.4 Å². The van der Waals surface area contributed by atoms with Gasteiger partial charge in [-0.05, 0) is 77.7 Å². The highest BCUT2D eigenvalue weighted by molar-refractivity contribution is 7.91. The van der Waals surface area contributed by atoms with Crippen molar-refractivity contribution < 1.29 is 36.0 Å². The maximum Gasteiger partial charge on any atom is 0.443 e. The maximum atomic E-state index is 12.7. The van der Waals surface area contributed by atoms with Gasteiger partial charge in [-0.1, -0.05) is 44.1 Å². The molecule has 1 aliphatic heterocycles. The van der Waals surface area contributed by atoms with Crippen molar-refractivity contribution in [3.05, 3.63) is 51.2 Å². The van der Waals surface area contributed by atoms with Gasteiger partial charge in [0.25, 0.3) is 0 Å². The molecule has 3 amide bonds. The van der Waals surface area contributed by atoms with Crippen LogP contribution in [0.4, 0.5) is 13.2 Å². The third-order valence-corrected chi connectivity index (χ3v) is 12.8. The molecule has 3 aliphatic rings. The van der Waals surface area contributed by atoms with E-state index in [4.69, 9.17) is 11.5 Å². The Labute approximate surface area is 316 Å². The fourth-order valence-electron chi connectivity index (χ4n) is 6.17. The van der Waals surface area contributed by atoms with Gasteiger partial charge < -0.3 is 21.4 Å². The van der Waals surface area contributed by atoms with Crippen molar-refractivity contribution in [2.24, 2.45) is 23.3 Å². The molecule has 3 heterocycles. The topological polar surface area (TPSA) is 203 Å². The number of benzene rings is 1. The molecule has 3 atom stereocenters. The second-order valence-electron chi connectivity index (χ2n) is 14.3. The number of carbonyl (C=O) groups excluding carboxylic acids is 3. The zero-order valence-corrected chi connectivity index (χ0v) is 32.6. The highest BCUT2D eigenvalue weighted by atomic mass is 32.2. The first kappa shape index (κ1) is 42.7. The third kappa shape index (κ3) is 10.4. The molecule has 18 heteroatoms. The highest BCUT2D eigenvalue weighted by Crippen LogP contribution is 2.44. The second-order valence-corrected chi connectivity index (χ2v) is 17.4. The fraction of sp³-hybridized carbons (Fsp3) is 0.583. The van der Waals surface area contributed by atoms with E-state index in [9.17, 15) is 40.8 Å². The quantitative estimate of drug-likeness (QED) is 0.141. The van der Waals surface area contributed by atoms with Crippen molar-refractivity contribution in [3.8, 4) is 11.3 Å². The van der Waals surface area contributed by atoms with Gasteiger partial charge in [0.15, 0.2) is 5.01 Å². The van der Waals surface area contributed by atoms with Gasteiger partial charge in [-0.3, -0.25) is 23.7 Å². The number of imidazole rings is 1. The molecule has 2 aromatic heterocycles. The number of rotatable bonds is 12. The van der Waals surface area contributed by atoms with E-state index in [1.165, 1.54) is 29.5 Å². The lowest BCUT2D eigenvalue weighted by Crippen LogP contribution is -2.45. The molecule has 3 unspecified atom stereocenters. The summed E-state index contributed by atoms with van der Waals surface area (Å²) in [6, 6.07) is 4.63. The van der Waals surface area contributed by atoms with E-state index in [-0.39, 0.29) is 47.6 Å². The Morgan fingerprint density at radius 3 is 2.48 bits per heavy atom. The van der Waals surface area contributed by atoms with E-state index < -0.39 is 37.9 Å². The lowest BCUT2D eigenvalue weighted by molar-refractivity contribution is -0.137. The number of H-pyrrole nitrogens is 1. The first-order chi connectivity index (χ1) is 25.3. The van der Waals surface area contributed by atoms with Crippen molar-refractivity contribution >= 4 is 50.1 Å². The third-order valence-electron chi connectivity index (χ3n) is 9.74. The number of aromatic amines is 1. The average Bonchev–Trinajstić information content (AvgIpc) is 3.82. The average molecular weight is 798 g/mol. The number of alkyl halides is 3. The van der Waals surface area contributed by atoms with E-state index >= 15 is 0 Å². The van der Waals surface area contributed by atoms with Crippen LogP contribution < -0.4 is 21.9 Å². The van der Waals surface area contributed by atoms with Gasteiger partial charge in [0.05, 0.1) is 28.0 Å². The highest BCUT2D eigenvalue weighted by Gasteiger charge is 2.52. The molecule has 3 aromatic rings. The number of aromatic nitrogens is 3. The summed E-state index contributed by atoms with van der Waals surface area (Å²) in [6.07, 6.45) is 8.00. The maximum absolute atomic E-state index is 12.7. The van der Waals surface area contributed by atoms with Crippen LogP contribution in [0, 0.1) is 11.8 Å². The predicted octanol–water partition coefficient (Wildman–Crippen LogP) is 5.23. The minimum Gasteiger partial charge on any atom is -0.368 e. The van der Waals surface area contributed by atoms with E-state index in [1.54, 1.807) is 29.7 Å². The molecule has 0 radical (unpaired) electrons. The zero-order chi connectivity index (χ0) is 40.0. The molecular weight excluding hydrogens is 748 g/mol. The molecule has 54 heavy (non-hydrogen) atoms. The molecule has 0 bridgehead atoms. The molecule has 13 nitrogen and oxygen atoms in total. The summed E-state index contributed by atoms with van der Waals surface area (Å²) in [5, 5.41) is 0.452. The first-order valence-electron chi connectivity index (χ1n) is 18.1. The number of hydrogen-bond acceptors (Lipinski definition) is 9. The lowest BCUT2D eigenvalue weighted by atomic mass is 10.1. The number of para-hydroxylation sites is 1. The summed E-state index contributed by atoms with van der Waals surface area (Å²) in [6.45, 7) is 8.15. The van der Waals surface area contributed by atoms with Crippen molar-refractivity contribution in [1.82, 2.24) is 24.2 Å². The minimum atomic E-state index is -4.46. The molecule has 1 saturated heterocycles. The van der Waals surface area contributed by atoms with Gasteiger partial charge in [0.2, 0.25) is 27.7 Å². The molecular formula is C36H50F3N7O6S2. The monoisotopic (exact) mass is 797 g/mol. The van der Waals surface area contributed by atoms with Crippen molar-refractivity contribution in [1.29, 1.82) is 0 Å². The van der Waals surface area contributed by atoms with Gasteiger partial charge in [-0.25, -0.2) is 18.2 Å². The number of nitrogens with zero attached hydrogens (tertiary/aromatic N) is 3. The number of likely N-dealkylation sites (tertiary alicyclic amines) is 1. The summed E-state index contributed by atoms with van der Waals surface area (Å²) in [4.78, 5) is 53.7. The Morgan fingerprint density at radius 1 is 1.20 bits per heavy atom. The summed E-state index contributed by atoms with van der Waals surface area (Å²) in [5.41, 5.74) is 11.8.